The van der Waals surface area contributed by atoms with Crippen LogP contribution in [0.3, 0.4) is 0 Å². The molecule has 0 aliphatic carbocycles. The minimum Gasteiger partial charge on any atom is -0.355 e. The molecular formula is C23H30N2O2. The van der Waals surface area contributed by atoms with Crippen LogP contribution in [0, 0.1) is 13.8 Å². The van der Waals surface area contributed by atoms with Crippen molar-refractivity contribution in [3.05, 3.63) is 70.8 Å². The molecule has 0 saturated carbocycles. The molecule has 2 aromatic carbocycles. The third-order valence-corrected chi connectivity index (χ3v) is 4.64. The minimum absolute atomic E-state index is 0.0188. The monoisotopic (exact) mass is 366 g/mol. The summed E-state index contributed by atoms with van der Waals surface area (Å²) in [5.41, 5.74) is 4.44. The summed E-state index contributed by atoms with van der Waals surface area (Å²) < 4.78 is 0. The van der Waals surface area contributed by atoms with E-state index in [9.17, 15) is 9.59 Å². The molecule has 27 heavy (non-hydrogen) atoms. The van der Waals surface area contributed by atoms with Gasteiger partial charge in [-0.3, -0.25) is 9.59 Å². The molecule has 1 atom stereocenters. The summed E-state index contributed by atoms with van der Waals surface area (Å²) in [4.78, 5) is 27.1. The molecule has 2 rings (SSSR count). The SMILES string of the molecule is CCNC(=O)[C@@H](C)N(CCc1ccccc1)C(=O)Cc1cc(C)cc(C)c1. The number of aryl methyl sites for hydroxylation is 2. The van der Waals surface area contributed by atoms with Gasteiger partial charge in [-0.2, -0.15) is 0 Å². The first-order chi connectivity index (χ1) is 12.9. The number of likely N-dealkylation sites (N-methyl/N-ethyl adjacent to an activating group) is 1. The van der Waals surface area contributed by atoms with E-state index in [1.807, 2.05) is 63.2 Å². The first kappa shape index (κ1) is 20.7. The lowest BCUT2D eigenvalue weighted by Crippen LogP contribution is -2.49. The molecule has 0 aliphatic heterocycles. The number of hydrogen-bond donors (Lipinski definition) is 1. The zero-order valence-corrected chi connectivity index (χ0v) is 16.8. The molecule has 0 aromatic heterocycles. The average Bonchev–Trinajstić information content (AvgIpc) is 2.62. The highest BCUT2D eigenvalue weighted by molar-refractivity contribution is 5.88. The van der Waals surface area contributed by atoms with Gasteiger partial charge in [0.05, 0.1) is 6.42 Å². The van der Waals surface area contributed by atoms with E-state index in [2.05, 4.69) is 11.4 Å². The molecule has 0 saturated heterocycles. The summed E-state index contributed by atoms with van der Waals surface area (Å²) in [6, 6.07) is 15.7. The largest absolute Gasteiger partial charge is 0.355 e. The maximum Gasteiger partial charge on any atom is 0.242 e. The predicted molar refractivity (Wildman–Crippen MR) is 110 cm³/mol. The first-order valence-corrected chi connectivity index (χ1v) is 9.59. The highest BCUT2D eigenvalue weighted by Gasteiger charge is 2.25. The second kappa shape index (κ2) is 9.91. The van der Waals surface area contributed by atoms with Gasteiger partial charge in [0.15, 0.2) is 0 Å². The van der Waals surface area contributed by atoms with Crippen LogP contribution in [0.4, 0.5) is 0 Å². The van der Waals surface area contributed by atoms with Crippen LogP contribution in [0.15, 0.2) is 48.5 Å². The number of nitrogens with one attached hydrogen (secondary N) is 1. The van der Waals surface area contributed by atoms with Gasteiger partial charge in [-0.15, -0.1) is 0 Å². The molecule has 0 unspecified atom stereocenters. The summed E-state index contributed by atoms with van der Waals surface area (Å²) in [6.07, 6.45) is 1.03. The van der Waals surface area contributed by atoms with Gasteiger partial charge in [0.2, 0.25) is 11.8 Å². The molecule has 0 spiro atoms. The van der Waals surface area contributed by atoms with Gasteiger partial charge < -0.3 is 10.2 Å². The van der Waals surface area contributed by atoms with Gasteiger partial charge in [-0.1, -0.05) is 59.7 Å². The zero-order chi connectivity index (χ0) is 19.8. The number of carbonyl (C=O) groups is 2. The van der Waals surface area contributed by atoms with Crippen molar-refractivity contribution in [1.29, 1.82) is 0 Å². The van der Waals surface area contributed by atoms with Crippen molar-refractivity contribution in [2.24, 2.45) is 0 Å². The van der Waals surface area contributed by atoms with Gasteiger partial charge in [0, 0.05) is 13.1 Å². The lowest BCUT2D eigenvalue weighted by Gasteiger charge is -2.29. The number of carbonyl (C=O) groups excluding carboxylic acids is 2. The van der Waals surface area contributed by atoms with Gasteiger partial charge in [-0.05, 0) is 45.2 Å². The van der Waals surface area contributed by atoms with Crippen molar-refractivity contribution in [2.75, 3.05) is 13.1 Å². The van der Waals surface area contributed by atoms with E-state index < -0.39 is 6.04 Å². The fourth-order valence-electron chi connectivity index (χ4n) is 3.34. The molecule has 4 heteroatoms. The summed E-state index contributed by atoms with van der Waals surface area (Å²) >= 11 is 0. The van der Waals surface area contributed by atoms with Crippen molar-refractivity contribution in [2.45, 2.75) is 46.6 Å². The van der Waals surface area contributed by atoms with Crippen LogP contribution in [-0.4, -0.2) is 35.8 Å². The van der Waals surface area contributed by atoms with Crippen molar-refractivity contribution < 1.29 is 9.59 Å². The van der Waals surface area contributed by atoms with Crippen LogP contribution in [0.5, 0.6) is 0 Å². The highest BCUT2D eigenvalue weighted by Crippen LogP contribution is 2.13. The predicted octanol–water partition coefficient (Wildman–Crippen LogP) is 3.44. The number of benzene rings is 2. The van der Waals surface area contributed by atoms with Gasteiger partial charge in [-0.25, -0.2) is 0 Å². The van der Waals surface area contributed by atoms with E-state index in [1.54, 1.807) is 11.8 Å². The minimum atomic E-state index is -0.493. The molecular weight excluding hydrogens is 336 g/mol. The van der Waals surface area contributed by atoms with Gasteiger partial charge in [0.1, 0.15) is 6.04 Å². The van der Waals surface area contributed by atoms with Crippen molar-refractivity contribution in [3.8, 4) is 0 Å². The molecule has 0 bridgehead atoms. The van der Waals surface area contributed by atoms with E-state index in [1.165, 1.54) is 0 Å². The molecule has 1 N–H and O–H groups in total. The smallest absolute Gasteiger partial charge is 0.242 e. The van der Waals surface area contributed by atoms with E-state index in [4.69, 9.17) is 0 Å². The Morgan fingerprint density at radius 3 is 2.22 bits per heavy atom. The van der Waals surface area contributed by atoms with Crippen LogP contribution in [0.25, 0.3) is 0 Å². The summed E-state index contributed by atoms with van der Waals surface area (Å²) in [5, 5.41) is 2.83. The third-order valence-electron chi connectivity index (χ3n) is 4.64. The first-order valence-electron chi connectivity index (χ1n) is 9.59. The summed E-state index contributed by atoms with van der Waals surface area (Å²) in [5.74, 6) is -0.131. The number of nitrogens with zero attached hydrogens (tertiary/aromatic N) is 1. The Morgan fingerprint density at radius 1 is 1.00 bits per heavy atom. The summed E-state index contributed by atoms with van der Waals surface area (Å²) in [7, 11) is 0. The van der Waals surface area contributed by atoms with E-state index >= 15 is 0 Å². The normalized spacial score (nSPS) is 11.7. The molecule has 0 radical (unpaired) electrons. The standard InChI is InChI=1S/C23H30N2O2/c1-5-24-23(27)19(4)25(12-11-20-9-7-6-8-10-20)22(26)16-21-14-17(2)13-18(3)15-21/h6-10,13-15,19H,5,11-12,16H2,1-4H3,(H,24,27)/t19-/m1/s1. The van der Waals surface area contributed by atoms with E-state index in [0.717, 1.165) is 28.7 Å². The quantitative estimate of drug-likeness (QED) is 0.778. The number of hydrogen-bond acceptors (Lipinski definition) is 2. The highest BCUT2D eigenvalue weighted by atomic mass is 16.2. The van der Waals surface area contributed by atoms with Crippen LogP contribution in [0.2, 0.25) is 0 Å². The van der Waals surface area contributed by atoms with E-state index in [-0.39, 0.29) is 11.8 Å². The Morgan fingerprint density at radius 2 is 1.63 bits per heavy atom. The fraction of sp³-hybridized carbons (Fsp3) is 0.391. The Kier molecular flexibility index (Phi) is 7.59. The molecule has 4 nitrogen and oxygen atoms in total. The van der Waals surface area contributed by atoms with Crippen LogP contribution in [-0.2, 0) is 22.4 Å². The lowest BCUT2D eigenvalue weighted by atomic mass is 10.0. The second-order valence-corrected chi connectivity index (χ2v) is 7.07. The molecule has 0 heterocycles. The molecule has 144 valence electrons. The summed E-state index contributed by atoms with van der Waals surface area (Å²) in [6.45, 7) is 8.83. The van der Waals surface area contributed by atoms with Crippen molar-refractivity contribution in [1.82, 2.24) is 10.2 Å². The van der Waals surface area contributed by atoms with Crippen LogP contribution >= 0.6 is 0 Å². The number of rotatable bonds is 8. The van der Waals surface area contributed by atoms with E-state index in [0.29, 0.717) is 19.5 Å². The molecule has 2 aromatic rings. The van der Waals surface area contributed by atoms with Crippen LogP contribution in [0.1, 0.15) is 36.1 Å². The molecule has 2 amide bonds. The Balaban J connectivity index is 2.16. The lowest BCUT2D eigenvalue weighted by molar-refractivity contribution is -0.139. The Hall–Kier alpha value is -2.62. The Bertz CT molecular complexity index is 751. The average molecular weight is 367 g/mol. The van der Waals surface area contributed by atoms with Crippen LogP contribution < -0.4 is 5.32 Å². The van der Waals surface area contributed by atoms with Gasteiger partial charge >= 0.3 is 0 Å². The molecule has 0 aliphatic rings. The Labute approximate surface area is 162 Å². The number of amides is 2. The van der Waals surface area contributed by atoms with Crippen molar-refractivity contribution in [3.63, 3.8) is 0 Å². The van der Waals surface area contributed by atoms with Crippen molar-refractivity contribution >= 4 is 11.8 Å². The topological polar surface area (TPSA) is 49.4 Å². The second-order valence-electron chi connectivity index (χ2n) is 7.07. The fourth-order valence-corrected chi connectivity index (χ4v) is 3.34. The maximum absolute atomic E-state index is 13.1. The zero-order valence-electron chi connectivity index (χ0n) is 16.8. The molecule has 0 fully saturated rings. The third kappa shape index (κ3) is 6.24. The maximum atomic E-state index is 13.1. The van der Waals surface area contributed by atoms with Gasteiger partial charge in [0.25, 0.3) is 0 Å².